The quantitative estimate of drug-likeness (QED) is 0.376. The summed E-state index contributed by atoms with van der Waals surface area (Å²) in [7, 11) is 1.66. The van der Waals surface area contributed by atoms with E-state index in [0.717, 1.165) is 33.3 Å². The van der Waals surface area contributed by atoms with Gasteiger partial charge < -0.3 is 9.64 Å². The zero-order valence-electron chi connectivity index (χ0n) is 17.4. The first-order valence-corrected chi connectivity index (χ1v) is 11.1. The number of methoxy groups -OCH3 is 1. The molecular formula is C24H21BrFN5O. The third-order valence-electron chi connectivity index (χ3n) is 5.85. The maximum Gasteiger partial charge on any atom is 0.246 e. The molecule has 32 heavy (non-hydrogen) atoms. The van der Waals surface area contributed by atoms with Gasteiger partial charge in [0.2, 0.25) is 5.95 Å². The second kappa shape index (κ2) is 8.70. The van der Waals surface area contributed by atoms with Crippen LogP contribution in [0.3, 0.4) is 0 Å². The second-order valence-electron chi connectivity index (χ2n) is 7.77. The van der Waals surface area contributed by atoms with Crippen molar-refractivity contribution in [1.29, 1.82) is 0 Å². The van der Waals surface area contributed by atoms with E-state index in [9.17, 15) is 4.39 Å². The lowest BCUT2D eigenvalue weighted by Crippen LogP contribution is -2.38. The Hall–Kier alpha value is -3.26. The second-order valence-corrected chi connectivity index (χ2v) is 8.69. The molecule has 0 bridgehead atoms. The van der Waals surface area contributed by atoms with Crippen LogP contribution in [0.5, 0.6) is 5.75 Å². The summed E-state index contributed by atoms with van der Waals surface area (Å²) in [6.45, 7) is 0.563. The van der Waals surface area contributed by atoms with Gasteiger partial charge in [-0.25, -0.2) is 9.07 Å². The van der Waals surface area contributed by atoms with Crippen molar-refractivity contribution in [2.45, 2.75) is 25.0 Å². The van der Waals surface area contributed by atoms with Gasteiger partial charge in [-0.2, -0.15) is 0 Å². The summed E-state index contributed by atoms with van der Waals surface area (Å²) in [5, 5.41) is 12.7. The maximum atomic E-state index is 13.5. The molecule has 5 rings (SSSR count). The van der Waals surface area contributed by atoms with Crippen LogP contribution in [-0.2, 0) is 6.54 Å². The normalized spacial score (nSPS) is 17.8. The molecule has 0 saturated heterocycles. The van der Waals surface area contributed by atoms with Crippen LogP contribution in [0.1, 0.15) is 35.2 Å². The zero-order valence-corrected chi connectivity index (χ0v) is 19.0. The zero-order chi connectivity index (χ0) is 22.1. The monoisotopic (exact) mass is 493 g/mol. The van der Waals surface area contributed by atoms with Crippen LogP contribution in [-0.4, -0.2) is 27.3 Å². The van der Waals surface area contributed by atoms with Gasteiger partial charge in [0.25, 0.3) is 0 Å². The molecule has 1 aromatic heterocycles. The molecule has 0 saturated carbocycles. The lowest BCUT2D eigenvalue weighted by atomic mass is 9.91. The summed E-state index contributed by atoms with van der Waals surface area (Å²) >= 11 is 3.60. The molecule has 0 N–H and O–H groups in total. The molecule has 6 nitrogen and oxygen atoms in total. The average molecular weight is 494 g/mol. The van der Waals surface area contributed by atoms with Gasteiger partial charge in [-0.1, -0.05) is 57.4 Å². The van der Waals surface area contributed by atoms with E-state index in [0.29, 0.717) is 12.5 Å². The Morgan fingerprint density at radius 3 is 2.50 bits per heavy atom. The number of aromatic nitrogens is 4. The molecule has 3 aromatic carbocycles. The number of tetrazole rings is 1. The van der Waals surface area contributed by atoms with Crippen LogP contribution < -0.4 is 9.64 Å². The van der Waals surface area contributed by atoms with Gasteiger partial charge in [0.05, 0.1) is 19.2 Å². The molecule has 0 aliphatic carbocycles. The van der Waals surface area contributed by atoms with Gasteiger partial charge in [-0.3, -0.25) is 0 Å². The van der Waals surface area contributed by atoms with Gasteiger partial charge >= 0.3 is 0 Å². The predicted octanol–water partition coefficient (Wildman–Crippen LogP) is 5.32. The van der Waals surface area contributed by atoms with Crippen LogP contribution in [0.25, 0.3) is 0 Å². The van der Waals surface area contributed by atoms with Crippen LogP contribution >= 0.6 is 15.9 Å². The van der Waals surface area contributed by atoms with Crippen molar-refractivity contribution >= 4 is 21.9 Å². The Kier molecular flexibility index (Phi) is 5.61. The van der Waals surface area contributed by atoms with Crippen molar-refractivity contribution in [1.82, 2.24) is 20.2 Å². The average Bonchev–Trinajstić information content (AvgIpc) is 3.31. The largest absolute Gasteiger partial charge is 0.497 e. The van der Waals surface area contributed by atoms with Crippen molar-refractivity contribution in [2.24, 2.45) is 0 Å². The number of hydrogen-bond donors (Lipinski definition) is 0. The van der Waals surface area contributed by atoms with E-state index in [1.54, 1.807) is 19.2 Å². The number of nitrogens with zero attached hydrogens (tertiary/aromatic N) is 5. The van der Waals surface area contributed by atoms with Gasteiger partial charge in [0, 0.05) is 11.0 Å². The number of rotatable bonds is 5. The summed E-state index contributed by atoms with van der Waals surface area (Å²) in [6, 6.07) is 22.9. The highest BCUT2D eigenvalue weighted by molar-refractivity contribution is 9.10. The molecule has 0 spiro atoms. The lowest BCUT2D eigenvalue weighted by Gasteiger charge is -2.40. The van der Waals surface area contributed by atoms with Gasteiger partial charge in [-0.05, 0) is 69.9 Å². The summed E-state index contributed by atoms with van der Waals surface area (Å²) in [6.07, 6.45) is 0.780. The molecule has 2 atom stereocenters. The standard InChI is InChI=1S/C24H21BrFN5O/c1-32-21-11-7-17(8-12-21)23-14-22(18-3-2-4-19(25)13-18)30(24-27-28-29-31(23)24)15-16-5-9-20(26)10-6-16/h2-13,22-23H,14-15H2,1H3/t22-,23-/m1/s1. The fourth-order valence-corrected chi connectivity index (χ4v) is 4.68. The minimum Gasteiger partial charge on any atom is -0.497 e. The molecule has 4 aromatic rings. The number of anilines is 1. The summed E-state index contributed by atoms with van der Waals surface area (Å²) in [5.41, 5.74) is 3.26. The van der Waals surface area contributed by atoms with E-state index in [1.165, 1.54) is 12.1 Å². The highest BCUT2D eigenvalue weighted by Gasteiger charge is 2.36. The van der Waals surface area contributed by atoms with E-state index in [2.05, 4.69) is 60.6 Å². The summed E-state index contributed by atoms with van der Waals surface area (Å²) in [4.78, 5) is 2.19. The highest BCUT2D eigenvalue weighted by Crippen LogP contribution is 2.42. The summed E-state index contributed by atoms with van der Waals surface area (Å²) in [5.74, 6) is 1.25. The number of halogens is 2. The van der Waals surface area contributed by atoms with Crippen molar-refractivity contribution in [2.75, 3.05) is 12.0 Å². The molecule has 2 heterocycles. The van der Waals surface area contributed by atoms with Gasteiger partial charge in [0.15, 0.2) is 0 Å². The SMILES string of the molecule is COc1ccc([C@H]2C[C@H](c3cccc(Br)c3)N(Cc3ccc(F)cc3)c3nnnn32)cc1. The van der Waals surface area contributed by atoms with E-state index in [1.807, 2.05) is 28.9 Å². The van der Waals surface area contributed by atoms with Crippen molar-refractivity contribution in [3.8, 4) is 5.75 Å². The Labute approximate surface area is 193 Å². The lowest BCUT2D eigenvalue weighted by molar-refractivity contribution is 0.375. The van der Waals surface area contributed by atoms with Crippen LogP contribution in [0.15, 0.2) is 77.3 Å². The van der Waals surface area contributed by atoms with Crippen LogP contribution in [0.2, 0.25) is 0 Å². The highest BCUT2D eigenvalue weighted by atomic mass is 79.9. The Balaban J connectivity index is 1.58. The van der Waals surface area contributed by atoms with E-state index in [4.69, 9.17) is 4.74 Å². The fourth-order valence-electron chi connectivity index (χ4n) is 4.26. The van der Waals surface area contributed by atoms with Crippen LogP contribution in [0, 0.1) is 5.82 Å². The number of ether oxygens (including phenoxy) is 1. The molecule has 8 heteroatoms. The van der Waals surface area contributed by atoms with E-state index in [-0.39, 0.29) is 17.9 Å². The minimum atomic E-state index is -0.250. The van der Waals surface area contributed by atoms with Gasteiger partial charge in [-0.15, -0.1) is 0 Å². The van der Waals surface area contributed by atoms with Crippen molar-refractivity contribution in [3.05, 3.63) is 99.8 Å². The summed E-state index contributed by atoms with van der Waals surface area (Å²) < 4.78 is 21.7. The Morgan fingerprint density at radius 1 is 1.00 bits per heavy atom. The van der Waals surface area contributed by atoms with Crippen molar-refractivity contribution < 1.29 is 9.13 Å². The maximum absolute atomic E-state index is 13.5. The van der Waals surface area contributed by atoms with E-state index < -0.39 is 0 Å². The Morgan fingerprint density at radius 2 is 1.78 bits per heavy atom. The topological polar surface area (TPSA) is 56.1 Å². The van der Waals surface area contributed by atoms with Crippen molar-refractivity contribution in [3.63, 3.8) is 0 Å². The molecule has 1 aliphatic rings. The Bertz CT molecular complexity index is 1210. The fraction of sp³-hybridized carbons (Fsp3) is 0.208. The molecular weight excluding hydrogens is 473 g/mol. The predicted molar refractivity (Wildman–Crippen MR) is 123 cm³/mol. The van der Waals surface area contributed by atoms with E-state index >= 15 is 0 Å². The minimum absolute atomic E-state index is 0.0284. The smallest absolute Gasteiger partial charge is 0.246 e. The van der Waals surface area contributed by atoms with Gasteiger partial charge in [0.1, 0.15) is 11.6 Å². The molecule has 0 fully saturated rings. The number of benzene rings is 3. The number of fused-ring (bicyclic) bond motifs is 1. The molecule has 0 amide bonds. The first-order chi connectivity index (χ1) is 15.6. The third-order valence-corrected chi connectivity index (χ3v) is 6.34. The first kappa shape index (κ1) is 20.6. The van der Waals surface area contributed by atoms with Crippen LogP contribution in [0.4, 0.5) is 10.3 Å². The molecule has 0 unspecified atom stereocenters. The number of hydrogen-bond acceptors (Lipinski definition) is 5. The first-order valence-electron chi connectivity index (χ1n) is 10.3. The molecule has 1 aliphatic heterocycles. The molecule has 0 radical (unpaired) electrons. The third kappa shape index (κ3) is 3.98. The molecule has 162 valence electrons.